The van der Waals surface area contributed by atoms with Crippen LogP contribution >= 0.6 is 11.6 Å². The first kappa shape index (κ1) is 34.0. The number of halogens is 1. The maximum absolute atomic E-state index is 14.7. The fourth-order valence-electron chi connectivity index (χ4n) is 7.72. The Hall–Kier alpha value is -5.16. The number of aromatic amines is 1. The van der Waals surface area contributed by atoms with Gasteiger partial charge in [0.1, 0.15) is 11.6 Å². The van der Waals surface area contributed by atoms with Gasteiger partial charge >= 0.3 is 0 Å². The van der Waals surface area contributed by atoms with E-state index < -0.39 is 0 Å². The quantitative estimate of drug-likeness (QED) is 0.195. The van der Waals surface area contributed by atoms with Crippen LogP contribution in [0.2, 0.25) is 5.02 Å². The van der Waals surface area contributed by atoms with Crippen LogP contribution in [-0.4, -0.2) is 89.2 Å². The number of carbonyl (C=O) groups excluding carboxylic acids is 2. The van der Waals surface area contributed by atoms with E-state index >= 15 is 0 Å². The topological polar surface area (TPSA) is 105 Å². The van der Waals surface area contributed by atoms with Gasteiger partial charge in [-0.2, -0.15) is 0 Å². The molecule has 1 fully saturated rings. The molecule has 2 N–H and O–H groups in total. The number of phenolic OH excluding ortho intramolecular Hbond substituents is 1. The second kappa shape index (κ2) is 14.1. The summed E-state index contributed by atoms with van der Waals surface area (Å²) in [5, 5.41) is 10.5. The number of nitrogens with one attached hydrogen (secondary N) is 1. The third-order valence-corrected chi connectivity index (χ3v) is 10.7. The number of likely N-dealkylation sites (N-methyl/N-ethyl adjacent to an activating group) is 1. The lowest BCUT2D eigenvalue weighted by Crippen LogP contribution is -2.52. The number of carbonyl (C=O) groups is 2. The SMILES string of the molecule is Cc1[nH]c(-c2cc(Cl)ccc2C(=O)N2Cc3ccccc3C[C@H]2CN2CCOCC2)cc1C(=O)N(c1ccc(O)cc1)c1cnc2c(c1)CCN2C. The maximum atomic E-state index is 14.7. The molecule has 11 heteroatoms. The number of phenols is 1. The van der Waals surface area contributed by atoms with E-state index in [2.05, 4.69) is 33.0 Å². The van der Waals surface area contributed by atoms with Gasteiger partial charge in [0.15, 0.2) is 0 Å². The number of morpholine rings is 1. The molecule has 52 heavy (non-hydrogen) atoms. The number of ether oxygens (including phenoxy) is 1. The first-order chi connectivity index (χ1) is 25.2. The van der Waals surface area contributed by atoms with Crippen LogP contribution in [0, 0.1) is 6.92 Å². The van der Waals surface area contributed by atoms with Gasteiger partial charge in [0.05, 0.1) is 30.7 Å². The van der Waals surface area contributed by atoms with Crippen LogP contribution < -0.4 is 9.80 Å². The average Bonchev–Trinajstić information content (AvgIpc) is 3.74. The van der Waals surface area contributed by atoms with Crippen molar-refractivity contribution in [3.8, 4) is 17.0 Å². The van der Waals surface area contributed by atoms with Gasteiger partial charge in [-0.15, -0.1) is 0 Å². The number of nitrogens with zero attached hydrogens (tertiary/aromatic N) is 5. The first-order valence-corrected chi connectivity index (χ1v) is 18.1. The number of hydrogen-bond acceptors (Lipinski definition) is 7. The molecular weight excluding hydrogens is 676 g/mol. The molecule has 0 spiro atoms. The minimum Gasteiger partial charge on any atom is -0.508 e. The summed E-state index contributed by atoms with van der Waals surface area (Å²) in [7, 11) is 2.01. The Kier molecular flexibility index (Phi) is 9.21. The van der Waals surface area contributed by atoms with Gasteiger partial charge in [-0.1, -0.05) is 35.9 Å². The summed E-state index contributed by atoms with van der Waals surface area (Å²) in [5.41, 5.74) is 7.55. The molecule has 0 unspecified atom stereocenters. The van der Waals surface area contributed by atoms with Crippen LogP contribution in [-0.2, 0) is 24.1 Å². The number of fused-ring (bicyclic) bond motifs is 2. The Labute approximate surface area is 308 Å². The van der Waals surface area contributed by atoms with Gasteiger partial charge in [-0.25, -0.2) is 4.98 Å². The summed E-state index contributed by atoms with van der Waals surface area (Å²) >= 11 is 6.61. The lowest BCUT2D eigenvalue weighted by atomic mass is 9.92. The highest BCUT2D eigenvalue weighted by Crippen LogP contribution is 2.36. The predicted octanol–water partition coefficient (Wildman–Crippen LogP) is 6.61. The number of amides is 2. The van der Waals surface area contributed by atoms with Gasteiger partial charge < -0.3 is 24.6 Å². The highest BCUT2D eigenvalue weighted by molar-refractivity contribution is 6.31. The molecule has 1 saturated heterocycles. The molecule has 0 radical (unpaired) electrons. The van der Waals surface area contributed by atoms with Crippen LogP contribution in [0.1, 0.15) is 43.1 Å². The summed E-state index contributed by atoms with van der Waals surface area (Å²) in [6.45, 7) is 7.03. The molecule has 3 aliphatic heterocycles. The van der Waals surface area contributed by atoms with Gasteiger partial charge in [-0.05, 0) is 91.1 Å². The molecule has 1 atom stereocenters. The summed E-state index contributed by atoms with van der Waals surface area (Å²) in [6, 6.07) is 24.0. The van der Waals surface area contributed by atoms with E-state index in [0.29, 0.717) is 64.2 Å². The molecule has 0 bridgehead atoms. The predicted molar refractivity (Wildman–Crippen MR) is 203 cm³/mol. The highest BCUT2D eigenvalue weighted by atomic mass is 35.5. The number of H-pyrrole nitrogens is 1. The fraction of sp³-hybridized carbons (Fsp3) is 0.293. The number of hydrogen-bond donors (Lipinski definition) is 2. The monoisotopic (exact) mass is 716 g/mol. The lowest BCUT2D eigenvalue weighted by Gasteiger charge is -2.40. The van der Waals surface area contributed by atoms with Crippen LogP contribution in [0.5, 0.6) is 5.75 Å². The second-order valence-corrected chi connectivity index (χ2v) is 14.3. The molecule has 3 aromatic carbocycles. The van der Waals surface area contributed by atoms with Gasteiger partial charge in [0.2, 0.25) is 0 Å². The van der Waals surface area contributed by atoms with Crippen molar-refractivity contribution >= 4 is 40.6 Å². The smallest absolute Gasteiger partial charge is 0.264 e. The molecule has 3 aliphatic rings. The van der Waals surface area contributed by atoms with Crippen LogP contribution in [0.15, 0.2) is 85.1 Å². The number of anilines is 3. The third-order valence-electron chi connectivity index (χ3n) is 10.5. The molecule has 5 heterocycles. The number of aryl methyl sites for hydroxylation is 1. The summed E-state index contributed by atoms with van der Waals surface area (Å²) in [5.74, 6) is 0.656. The fourth-order valence-corrected chi connectivity index (χ4v) is 7.89. The standard InChI is InChI=1S/C41H41ClN6O4/c1-26-36(41(51)48(31-8-10-34(49)11-9-31)32-20-28-13-14-45(2)39(28)43-23-32)22-38(44-26)37-21-30(42)7-12-35(37)40(50)47-24-29-6-4-3-5-27(29)19-33(47)25-46-15-17-52-18-16-46/h3-12,20-23,33,44,49H,13-19,24-25H2,1-2H3/t33-/m0/s1. The molecule has 10 nitrogen and oxygen atoms in total. The molecule has 0 aliphatic carbocycles. The Morgan fingerprint density at radius 1 is 0.942 bits per heavy atom. The lowest BCUT2D eigenvalue weighted by molar-refractivity contribution is 0.0193. The maximum Gasteiger partial charge on any atom is 0.264 e. The Balaban J connectivity index is 1.15. The molecule has 2 amide bonds. The summed E-state index contributed by atoms with van der Waals surface area (Å²) in [4.78, 5) is 45.6. The van der Waals surface area contributed by atoms with E-state index in [1.165, 1.54) is 5.56 Å². The van der Waals surface area contributed by atoms with Crippen LogP contribution in [0.25, 0.3) is 11.3 Å². The van der Waals surface area contributed by atoms with Gasteiger partial charge in [0, 0.05) is 79.0 Å². The van der Waals surface area contributed by atoms with Crippen molar-refractivity contribution in [2.75, 3.05) is 56.2 Å². The Morgan fingerprint density at radius 3 is 2.50 bits per heavy atom. The average molecular weight is 717 g/mol. The molecule has 5 aromatic rings. The van der Waals surface area contributed by atoms with Crippen LogP contribution in [0.4, 0.5) is 17.2 Å². The van der Waals surface area contributed by atoms with Crippen molar-refractivity contribution in [2.24, 2.45) is 0 Å². The number of rotatable bonds is 7. The Morgan fingerprint density at radius 2 is 1.71 bits per heavy atom. The van der Waals surface area contributed by atoms with Crippen molar-refractivity contribution in [2.45, 2.75) is 32.4 Å². The third kappa shape index (κ3) is 6.53. The molecule has 2 aromatic heterocycles. The number of benzene rings is 3. The minimum absolute atomic E-state index is 0.0221. The van der Waals surface area contributed by atoms with Crippen molar-refractivity contribution < 1.29 is 19.4 Å². The van der Waals surface area contributed by atoms with E-state index in [1.807, 2.05) is 31.0 Å². The largest absolute Gasteiger partial charge is 0.508 e. The minimum atomic E-state index is -0.271. The zero-order valence-electron chi connectivity index (χ0n) is 29.3. The molecule has 266 valence electrons. The van der Waals surface area contributed by atoms with E-state index in [1.54, 1.807) is 59.6 Å². The number of aromatic nitrogens is 2. The van der Waals surface area contributed by atoms with E-state index in [9.17, 15) is 14.7 Å². The number of aromatic hydroxyl groups is 1. The second-order valence-electron chi connectivity index (χ2n) is 13.9. The van der Waals surface area contributed by atoms with E-state index in [4.69, 9.17) is 21.3 Å². The molecule has 0 saturated carbocycles. The van der Waals surface area contributed by atoms with Crippen molar-refractivity contribution in [3.05, 3.63) is 124 Å². The molecular formula is C41H41ClN6O4. The van der Waals surface area contributed by atoms with Gasteiger partial charge in [0.25, 0.3) is 11.8 Å². The van der Waals surface area contributed by atoms with Crippen molar-refractivity contribution in [3.63, 3.8) is 0 Å². The molecule has 8 rings (SSSR count). The Bertz CT molecular complexity index is 2140. The zero-order valence-corrected chi connectivity index (χ0v) is 30.1. The van der Waals surface area contributed by atoms with Crippen LogP contribution in [0.3, 0.4) is 0 Å². The van der Waals surface area contributed by atoms with Gasteiger partial charge in [-0.3, -0.25) is 19.4 Å². The summed E-state index contributed by atoms with van der Waals surface area (Å²) < 4.78 is 5.60. The van der Waals surface area contributed by atoms with Crippen molar-refractivity contribution in [1.82, 2.24) is 19.8 Å². The van der Waals surface area contributed by atoms with E-state index in [-0.39, 0.29) is 23.6 Å². The van der Waals surface area contributed by atoms with Crippen molar-refractivity contribution in [1.29, 1.82) is 0 Å². The zero-order chi connectivity index (χ0) is 35.9. The number of pyridine rings is 1. The first-order valence-electron chi connectivity index (χ1n) is 17.7. The highest BCUT2D eigenvalue weighted by Gasteiger charge is 2.34. The normalized spacial score (nSPS) is 17.2. The summed E-state index contributed by atoms with van der Waals surface area (Å²) in [6.07, 6.45) is 3.31. The van der Waals surface area contributed by atoms with E-state index in [0.717, 1.165) is 56.0 Å².